The van der Waals surface area contributed by atoms with Crippen LogP contribution in [0.3, 0.4) is 0 Å². The fraction of sp³-hybridized carbons (Fsp3) is 0.310. The Kier molecular flexibility index (Phi) is 8.39. The molecule has 0 radical (unpaired) electrons. The van der Waals surface area contributed by atoms with Gasteiger partial charge in [0.25, 0.3) is 0 Å². The Balaban J connectivity index is 1.56. The first-order valence-electron chi connectivity index (χ1n) is 12.2. The Morgan fingerprint density at radius 2 is 1.51 bits per heavy atom. The van der Waals surface area contributed by atoms with Crippen LogP contribution in [0.2, 0.25) is 0 Å². The third kappa shape index (κ3) is 6.63. The van der Waals surface area contributed by atoms with Crippen molar-refractivity contribution in [2.75, 3.05) is 19.8 Å². The highest BCUT2D eigenvalue weighted by Gasteiger charge is 2.30. The van der Waals surface area contributed by atoms with E-state index in [4.69, 9.17) is 9.47 Å². The monoisotopic (exact) mass is 472 g/mol. The molecule has 0 saturated carbocycles. The van der Waals surface area contributed by atoms with Gasteiger partial charge in [-0.1, -0.05) is 66.7 Å². The molecule has 6 nitrogen and oxygen atoms in total. The molecule has 1 aliphatic rings. The second-order valence-electron chi connectivity index (χ2n) is 8.59. The van der Waals surface area contributed by atoms with Gasteiger partial charge in [0.15, 0.2) is 11.5 Å². The predicted octanol–water partition coefficient (Wildman–Crippen LogP) is 4.17. The van der Waals surface area contributed by atoms with Crippen LogP contribution in [0.4, 0.5) is 0 Å². The molecule has 1 heterocycles. The fourth-order valence-electron chi connectivity index (χ4n) is 4.26. The van der Waals surface area contributed by atoms with E-state index in [0.717, 1.165) is 22.4 Å². The molecule has 0 aromatic heterocycles. The molecule has 0 fully saturated rings. The van der Waals surface area contributed by atoms with Crippen LogP contribution in [0.25, 0.3) is 0 Å². The maximum absolute atomic E-state index is 13.6. The Morgan fingerprint density at radius 3 is 2.20 bits per heavy atom. The minimum absolute atomic E-state index is 0.0593. The molecule has 182 valence electrons. The van der Waals surface area contributed by atoms with Crippen LogP contribution in [0, 0.1) is 0 Å². The molecule has 35 heavy (non-hydrogen) atoms. The third-order valence-electron chi connectivity index (χ3n) is 6.05. The molecule has 0 aliphatic carbocycles. The van der Waals surface area contributed by atoms with Gasteiger partial charge in [0.1, 0.15) is 19.3 Å². The van der Waals surface area contributed by atoms with E-state index < -0.39 is 6.04 Å². The molecular formula is C29H32N2O4. The van der Waals surface area contributed by atoms with E-state index >= 15 is 0 Å². The van der Waals surface area contributed by atoms with Crippen molar-refractivity contribution in [1.82, 2.24) is 10.2 Å². The summed E-state index contributed by atoms with van der Waals surface area (Å²) in [6.07, 6.45) is 1.29. The average Bonchev–Trinajstić information content (AvgIpc) is 2.90. The highest BCUT2D eigenvalue weighted by molar-refractivity contribution is 5.88. The Hall–Kier alpha value is -3.80. The molecule has 1 atom stereocenters. The van der Waals surface area contributed by atoms with Gasteiger partial charge in [-0.15, -0.1) is 0 Å². The number of likely N-dealkylation sites (N-methyl/N-ethyl adjacent to an activating group) is 1. The number of carbonyl (C=O) groups is 2. The van der Waals surface area contributed by atoms with Crippen molar-refractivity contribution >= 4 is 11.8 Å². The van der Waals surface area contributed by atoms with E-state index in [0.29, 0.717) is 44.9 Å². The van der Waals surface area contributed by atoms with E-state index in [-0.39, 0.29) is 18.2 Å². The lowest BCUT2D eigenvalue weighted by Crippen LogP contribution is -2.50. The molecule has 2 amide bonds. The van der Waals surface area contributed by atoms with Crippen LogP contribution >= 0.6 is 0 Å². The van der Waals surface area contributed by atoms with Gasteiger partial charge < -0.3 is 19.7 Å². The number of nitrogens with zero attached hydrogens (tertiary/aromatic N) is 1. The molecule has 4 rings (SSSR count). The molecule has 1 N–H and O–H groups in total. The number of hydrogen-bond donors (Lipinski definition) is 1. The number of ether oxygens (including phenoxy) is 2. The van der Waals surface area contributed by atoms with E-state index in [1.54, 1.807) is 4.90 Å². The predicted molar refractivity (Wildman–Crippen MR) is 135 cm³/mol. The number of aryl methyl sites for hydroxylation is 1. The number of hydrogen-bond acceptors (Lipinski definition) is 4. The lowest BCUT2D eigenvalue weighted by molar-refractivity contribution is -0.141. The van der Waals surface area contributed by atoms with Crippen molar-refractivity contribution < 1.29 is 19.1 Å². The van der Waals surface area contributed by atoms with Gasteiger partial charge >= 0.3 is 0 Å². The lowest BCUT2D eigenvalue weighted by Gasteiger charge is -2.31. The minimum atomic E-state index is -0.606. The van der Waals surface area contributed by atoms with Crippen LogP contribution in [-0.4, -0.2) is 42.5 Å². The van der Waals surface area contributed by atoms with Gasteiger partial charge in [-0.05, 0) is 42.2 Å². The summed E-state index contributed by atoms with van der Waals surface area (Å²) < 4.78 is 11.3. The Bertz CT molecular complexity index is 1120. The molecule has 0 spiro atoms. The number of carbonyl (C=O) groups excluding carboxylic acids is 2. The van der Waals surface area contributed by atoms with E-state index in [1.165, 1.54) is 0 Å². The van der Waals surface area contributed by atoms with Gasteiger partial charge in [0.05, 0.1) is 0 Å². The van der Waals surface area contributed by atoms with Crippen LogP contribution in [0.5, 0.6) is 11.5 Å². The SMILES string of the molecule is CCNC(=O)[C@H](Cc1ccccc1)N(Cc1ccccc1)C(=O)CCc1ccc2c(c1)OCCO2. The summed E-state index contributed by atoms with van der Waals surface area (Å²) in [5.74, 6) is 1.25. The quantitative estimate of drug-likeness (QED) is 0.481. The zero-order valence-corrected chi connectivity index (χ0v) is 20.1. The first kappa shape index (κ1) is 24.3. The smallest absolute Gasteiger partial charge is 0.243 e. The highest BCUT2D eigenvalue weighted by atomic mass is 16.6. The molecular weight excluding hydrogens is 440 g/mol. The average molecular weight is 473 g/mol. The van der Waals surface area contributed by atoms with Gasteiger partial charge in [-0.3, -0.25) is 9.59 Å². The van der Waals surface area contributed by atoms with Gasteiger partial charge in [0.2, 0.25) is 11.8 Å². The molecule has 3 aromatic rings. The van der Waals surface area contributed by atoms with Crippen LogP contribution in [0.15, 0.2) is 78.9 Å². The van der Waals surface area contributed by atoms with Crippen molar-refractivity contribution in [3.8, 4) is 11.5 Å². The lowest BCUT2D eigenvalue weighted by atomic mass is 10.0. The summed E-state index contributed by atoms with van der Waals surface area (Å²) in [5, 5.41) is 2.93. The van der Waals surface area contributed by atoms with Crippen molar-refractivity contribution in [3.05, 3.63) is 95.6 Å². The summed E-state index contributed by atoms with van der Waals surface area (Å²) >= 11 is 0. The number of amides is 2. The molecule has 3 aromatic carbocycles. The Morgan fingerprint density at radius 1 is 0.857 bits per heavy atom. The Labute approximate surface area is 206 Å². The van der Waals surface area contributed by atoms with Crippen LogP contribution in [0.1, 0.15) is 30.0 Å². The number of nitrogens with one attached hydrogen (secondary N) is 1. The molecule has 0 bridgehead atoms. The van der Waals surface area contributed by atoms with Crippen LogP contribution < -0.4 is 14.8 Å². The summed E-state index contributed by atoms with van der Waals surface area (Å²) in [4.78, 5) is 28.6. The van der Waals surface area contributed by atoms with E-state index in [1.807, 2.05) is 85.8 Å². The zero-order chi connectivity index (χ0) is 24.5. The second-order valence-corrected chi connectivity index (χ2v) is 8.59. The van der Waals surface area contributed by atoms with Crippen LogP contribution in [-0.2, 0) is 29.0 Å². The minimum Gasteiger partial charge on any atom is -0.486 e. The summed E-state index contributed by atoms with van der Waals surface area (Å²) in [5.41, 5.74) is 3.00. The normalized spacial score (nSPS) is 13.1. The number of benzene rings is 3. The number of fused-ring (bicyclic) bond motifs is 1. The topological polar surface area (TPSA) is 67.9 Å². The van der Waals surface area contributed by atoms with Gasteiger partial charge in [0, 0.05) is 25.9 Å². The van der Waals surface area contributed by atoms with Gasteiger partial charge in [-0.2, -0.15) is 0 Å². The summed E-state index contributed by atoms with van der Waals surface area (Å²) in [7, 11) is 0. The molecule has 6 heteroatoms. The maximum atomic E-state index is 13.6. The summed E-state index contributed by atoms with van der Waals surface area (Å²) in [6, 6.07) is 24.8. The first-order chi connectivity index (χ1) is 17.1. The first-order valence-corrected chi connectivity index (χ1v) is 12.2. The van der Waals surface area contributed by atoms with Crippen molar-refractivity contribution in [2.45, 2.75) is 38.8 Å². The molecule has 1 aliphatic heterocycles. The standard InChI is InChI=1S/C29H32N2O4/c1-2-30-29(33)25(19-22-9-5-3-6-10-22)31(21-24-11-7-4-8-12-24)28(32)16-14-23-13-15-26-27(20-23)35-18-17-34-26/h3-13,15,20,25H,2,14,16-19,21H2,1H3,(H,30,33)/t25-/m0/s1. The summed E-state index contributed by atoms with van der Waals surface area (Å²) in [6.45, 7) is 3.84. The van der Waals surface area contributed by atoms with Crippen molar-refractivity contribution in [2.24, 2.45) is 0 Å². The largest absolute Gasteiger partial charge is 0.486 e. The van der Waals surface area contributed by atoms with Gasteiger partial charge in [-0.25, -0.2) is 0 Å². The van der Waals surface area contributed by atoms with Crippen molar-refractivity contribution in [1.29, 1.82) is 0 Å². The maximum Gasteiger partial charge on any atom is 0.243 e. The number of rotatable bonds is 10. The fourth-order valence-corrected chi connectivity index (χ4v) is 4.26. The molecule has 0 unspecified atom stereocenters. The third-order valence-corrected chi connectivity index (χ3v) is 6.05. The van der Waals surface area contributed by atoms with E-state index in [9.17, 15) is 9.59 Å². The highest BCUT2D eigenvalue weighted by Crippen LogP contribution is 2.31. The zero-order valence-electron chi connectivity index (χ0n) is 20.1. The van der Waals surface area contributed by atoms with E-state index in [2.05, 4.69) is 5.32 Å². The molecule has 0 saturated heterocycles. The second kappa shape index (κ2) is 12.1. The van der Waals surface area contributed by atoms with Crippen molar-refractivity contribution in [3.63, 3.8) is 0 Å².